The molecule has 1 aromatic rings. The van der Waals surface area contributed by atoms with E-state index in [4.69, 9.17) is 0 Å². The lowest BCUT2D eigenvalue weighted by Crippen LogP contribution is -2.56. The molecule has 30 heavy (non-hydrogen) atoms. The Morgan fingerprint density at radius 3 is 2.47 bits per heavy atom. The van der Waals surface area contributed by atoms with Gasteiger partial charge in [0.05, 0.1) is 5.41 Å². The fraction of sp³-hybridized carbons (Fsp3) is 0.667. The lowest BCUT2D eigenvalue weighted by atomic mass is 9.49. The number of hydrogen-bond acceptors (Lipinski definition) is 2. The van der Waals surface area contributed by atoms with Crippen LogP contribution in [0.2, 0.25) is 0 Å². The van der Waals surface area contributed by atoms with E-state index in [0.29, 0.717) is 18.1 Å². The van der Waals surface area contributed by atoms with E-state index in [-0.39, 0.29) is 23.2 Å². The summed E-state index contributed by atoms with van der Waals surface area (Å²) in [6.07, 6.45) is 9.37. The molecule has 0 radical (unpaired) electrons. The molecule has 1 unspecified atom stereocenters. The monoisotopic (exact) mass is 413 g/mol. The van der Waals surface area contributed by atoms with Gasteiger partial charge in [-0.15, -0.1) is 0 Å². The number of amides is 3. The van der Waals surface area contributed by atoms with Crippen LogP contribution < -0.4 is 10.6 Å². The predicted molar refractivity (Wildman–Crippen MR) is 113 cm³/mol. The fourth-order valence-corrected chi connectivity index (χ4v) is 7.10. The Bertz CT molecular complexity index is 791. The van der Waals surface area contributed by atoms with Gasteiger partial charge in [-0.2, -0.15) is 0 Å². The first-order chi connectivity index (χ1) is 14.5. The van der Waals surface area contributed by atoms with E-state index in [9.17, 15) is 14.0 Å². The molecule has 1 saturated heterocycles. The first kappa shape index (κ1) is 19.8. The van der Waals surface area contributed by atoms with Gasteiger partial charge in [0, 0.05) is 25.3 Å². The summed E-state index contributed by atoms with van der Waals surface area (Å²) in [6.45, 7) is 2.12. The number of rotatable bonds is 4. The summed E-state index contributed by atoms with van der Waals surface area (Å²) in [6, 6.07) is 5.55. The molecule has 4 saturated carbocycles. The largest absolute Gasteiger partial charge is 0.342 e. The van der Waals surface area contributed by atoms with Crippen LogP contribution in [-0.2, 0) is 4.79 Å². The highest BCUT2D eigenvalue weighted by Gasteiger charge is 2.55. The third kappa shape index (κ3) is 3.93. The molecule has 4 bridgehead atoms. The number of benzene rings is 1. The first-order valence-electron chi connectivity index (χ1n) is 11.6. The van der Waals surface area contributed by atoms with Gasteiger partial charge in [0.2, 0.25) is 5.91 Å². The highest BCUT2D eigenvalue weighted by Crippen LogP contribution is 2.60. The second kappa shape index (κ2) is 7.86. The maximum atomic E-state index is 13.6. The number of nitrogens with zero attached hydrogens (tertiary/aromatic N) is 1. The number of nitrogens with one attached hydrogen (secondary N) is 2. The summed E-state index contributed by atoms with van der Waals surface area (Å²) < 4.78 is 13.3. The molecule has 1 heterocycles. The molecule has 6 heteroatoms. The van der Waals surface area contributed by atoms with Gasteiger partial charge in [0.25, 0.3) is 0 Å². The average molecular weight is 414 g/mol. The zero-order valence-corrected chi connectivity index (χ0v) is 17.5. The molecule has 3 amide bonds. The van der Waals surface area contributed by atoms with E-state index in [1.807, 2.05) is 0 Å². The van der Waals surface area contributed by atoms with E-state index in [0.717, 1.165) is 62.9 Å². The van der Waals surface area contributed by atoms with Crippen LogP contribution in [0.15, 0.2) is 24.3 Å². The van der Waals surface area contributed by atoms with E-state index in [1.54, 1.807) is 12.1 Å². The Balaban J connectivity index is 1.15. The van der Waals surface area contributed by atoms with Gasteiger partial charge in [-0.25, -0.2) is 9.18 Å². The molecule has 1 atom stereocenters. The maximum Gasteiger partial charge on any atom is 0.319 e. The molecular weight excluding hydrogens is 381 g/mol. The Labute approximate surface area is 177 Å². The van der Waals surface area contributed by atoms with Gasteiger partial charge >= 0.3 is 6.03 Å². The third-order valence-corrected chi connectivity index (χ3v) is 7.93. The van der Waals surface area contributed by atoms with E-state index >= 15 is 0 Å². The number of carbonyl (C=O) groups excluding carboxylic acids is 2. The molecule has 4 aliphatic carbocycles. The second-order valence-electron chi connectivity index (χ2n) is 10.3. The smallest absolute Gasteiger partial charge is 0.319 e. The van der Waals surface area contributed by atoms with Crippen molar-refractivity contribution in [1.82, 2.24) is 10.2 Å². The van der Waals surface area contributed by atoms with Gasteiger partial charge in [-0.3, -0.25) is 4.79 Å². The summed E-state index contributed by atoms with van der Waals surface area (Å²) in [5.41, 5.74) is 0.355. The van der Waals surface area contributed by atoms with Crippen LogP contribution in [0.25, 0.3) is 0 Å². The number of carbonyl (C=O) groups is 2. The molecule has 5 aliphatic rings. The van der Waals surface area contributed by atoms with Crippen LogP contribution in [0, 0.1) is 34.9 Å². The SMILES string of the molecule is O=C(NCC1CCCN(C(=O)C23CC4CC(CC(C4)C2)C3)C1)Nc1cccc(F)c1. The molecule has 1 aliphatic heterocycles. The van der Waals surface area contributed by atoms with E-state index < -0.39 is 0 Å². The van der Waals surface area contributed by atoms with Crippen LogP contribution in [0.3, 0.4) is 0 Å². The molecule has 5 nitrogen and oxygen atoms in total. The zero-order chi connectivity index (χ0) is 20.7. The molecule has 2 N–H and O–H groups in total. The van der Waals surface area contributed by atoms with Crippen molar-refractivity contribution < 1.29 is 14.0 Å². The van der Waals surface area contributed by atoms with Crippen molar-refractivity contribution in [2.24, 2.45) is 29.1 Å². The summed E-state index contributed by atoms with van der Waals surface area (Å²) in [7, 11) is 0. The lowest BCUT2D eigenvalue weighted by molar-refractivity contribution is -0.159. The standard InChI is InChI=1S/C24H32FN3O2/c25-20-4-1-5-21(10-20)27-23(30)26-14-16-3-2-6-28(15-16)22(29)24-11-17-7-18(12-24)9-19(8-17)13-24/h1,4-5,10,16-19H,2-3,6-9,11-15H2,(H2,26,27,30). The van der Waals surface area contributed by atoms with E-state index in [2.05, 4.69) is 15.5 Å². The summed E-state index contributed by atoms with van der Waals surface area (Å²) in [4.78, 5) is 27.9. The number of likely N-dealkylation sites (tertiary alicyclic amines) is 1. The normalized spacial score (nSPS) is 34.6. The summed E-state index contributed by atoms with van der Waals surface area (Å²) in [5, 5.41) is 5.58. The minimum absolute atomic E-state index is 0.0845. The molecule has 6 rings (SSSR count). The second-order valence-corrected chi connectivity index (χ2v) is 10.3. The lowest BCUT2D eigenvalue weighted by Gasteiger charge is -2.57. The Hall–Kier alpha value is -2.11. The van der Waals surface area contributed by atoms with Crippen LogP contribution in [0.5, 0.6) is 0 Å². The average Bonchev–Trinajstić information content (AvgIpc) is 2.71. The number of urea groups is 1. The van der Waals surface area contributed by atoms with Gasteiger partial charge in [-0.1, -0.05) is 6.07 Å². The van der Waals surface area contributed by atoms with Crippen molar-refractivity contribution in [3.8, 4) is 0 Å². The van der Waals surface area contributed by atoms with Crippen LogP contribution >= 0.6 is 0 Å². The van der Waals surface area contributed by atoms with Crippen molar-refractivity contribution >= 4 is 17.6 Å². The molecular formula is C24H32FN3O2. The van der Waals surface area contributed by atoms with Crippen molar-refractivity contribution in [3.05, 3.63) is 30.1 Å². The Kier molecular flexibility index (Phi) is 5.19. The summed E-state index contributed by atoms with van der Waals surface area (Å²) >= 11 is 0. The topological polar surface area (TPSA) is 61.4 Å². The minimum Gasteiger partial charge on any atom is -0.342 e. The van der Waals surface area contributed by atoms with Crippen molar-refractivity contribution in [1.29, 1.82) is 0 Å². The molecule has 162 valence electrons. The minimum atomic E-state index is -0.376. The van der Waals surface area contributed by atoms with Crippen molar-refractivity contribution in [2.45, 2.75) is 51.4 Å². The molecule has 1 aromatic carbocycles. The van der Waals surface area contributed by atoms with Crippen LogP contribution in [0.1, 0.15) is 51.4 Å². The van der Waals surface area contributed by atoms with Gasteiger partial charge < -0.3 is 15.5 Å². The van der Waals surface area contributed by atoms with Crippen LogP contribution in [-0.4, -0.2) is 36.5 Å². The summed E-state index contributed by atoms with van der Waals surface area (Å²) in [5.74, 6) is 2.61. The number of hydrogen-bond donors (Lipinski definition) is 2. The highest BCUT2D eigenvalue weighted by atomic mass is 19.1. The number of halogens is 1. The van der Waals surface area contributed by atoms with Gasteiger partial charge in [-0.05, 0) is 93.2 Å². The van der Waals surface area contributed by atoms with E-state index in [1.165, 1.54) is 31.4 Å². The Morgan fingerprint density at radius 1 is 1.10 bits per heavy atom. The maximum absolute atomic E-state index is 13.6. The van der Waals surface area contributed by atoms with Crippen molar-refractivity contribution in [3.63, 3.8) is 0 Å². The zero-order valence-electron chi connectivity index (χ0n) is 17.5. The fourth-order valence-electron chi connectivity index (χ4n) is 7.10. The molecule has 0 spiro atoms. The van der Waals surface area contributed by atoms with Gasteiger partial charge in [0.15, 0.2) is 0 Å². The molecule has 0 aromatic heterocycles. The number of piperidine rings is 1. The predicted octanol–water partition coefficient (Wildman–Crippen LogP) is 4.40. The van der Waals surface area contributed by atoms with Gasteiger partial charge in [0.1, 0.15) is 5.82 Å². The highest BCUT2D eigenvalue weighted by molar-refractivity contribution is 5.89. The quantitative estimate of drug-likeness (QED) is 0.768. The number of anilines is 1. The molecule has 5 fully saturated rings. The third-order valence-electron chi connectivity index (χ3n) is 7.93. The Morgan fingerprint density at radius 2 is 1.80 bits per heavy atom. The van der Waals surface area contributed by atoms with Crippen LogP contribution in [0.4, 0.5) is 14.9 Å². The first-order valence-corrected chi connectivity index (χ1v) is 11.6. The van der Waals surface area contributed by atoms with Crippen molar-refractivity contribution in [2.75, 3.05) is 25.0 Å².